The van der Waals surface area contributed by atoms with Gasteiger partial charge in [0, 0.05) is 36.4 Å². The zero-order valence-electron chi connectivity index (χ0n) is 17.1. The summed E-state index contributed by atoms with van der Waals surface area (Å²) in [6.45, 7) is 1.46. The van der Waals surface area contributed by atoms with Crippen LogP contribution in [0.1, 0.15) is 12.8 Å². The van der Waals surface area contributed by atoms with E-state index in [1.165, 1.54) is 0 Å². The zero-order valence-corrected chi connectivity index (χ0v) is 17.9. The molecule has 0 spiro atoms. The second-order valence-corrected chi connectivity index (χ2v) is 7.65. The molecule has 1 N–H and O–H groups in total. The first-order chi connectivity index (χ1) is 15.1. The van der Waals surface area contributed by atoms with E-state index in [-0.39, 0.29) is 11.8 Å². The van der Waals surface area contributed by atoms with Crippen LogP contribution in [0.15, 0.2) is 60.9 Å². The first-order valence-corrected chi connectivity index (χ1v) is 10.4. The summed E-state index contributed by atoms with van der Waals surface area (Å²) in [6, 6.07) is 14.2. The SMILES string of the molecule is COc1ccc(Oc2ccc(Cl)cc2NC(=O)C2CCN(c3ncccn3)CC2)cc1. The van der Waals surface area contributed by atoms with Gasteiger partial charge in [-0.05, 0) is 61.4 Å². The number of nitrogens with zero attached hydrogens (tertiary/aromatic N) is 3. The molecular formula is C23H23ClN4O3. The average Bonchev–Trinajstić information content (AvgIpc) is 2.82. The van der Waals surface area contributed by atoms with Gasteiger partial charge in [0.2, 0.25) is 11.9 Å². The second kappa shape index (κ2) is 9.66. The molecule has 0 atom stereocenters. The Bertz CT molecular complexity index is 1020. The van der Waals surface area contributed by atoms with Gasteiger partial charge in [0.15, 0.2) is 5.75 Å². The summed E-state index contributed by atoms with van der Waals surface area (Å²) in [7, 11) is 1.61. The summed E-state index contributed by atoms with van der Waals surface area (Å²) < 4.78 is 11.1. The molecule has 0 aliphatic carbocycles. The Kier molecular flexibility index (Phi) is 6.52. The normalized spacial score (nSPS) is 14.2. The first kappa shape index (κ1) is 20.9. The molecule has 1 aliphatic heterocycles. The summed E-state index contributed by atoms with van der Waals surface area (Å²) in [5.41, 5.74) is 0.544. The van der Waals surface area contributed by atoms with E-state index in [0.29, 0.717) is 28.2 Å². The van der Waals surface area contributed by atoms with Gasteiger partial charge in [0.05, 0.1) is 12.8 Å². The van der Waals surface area contributed by atoms with E-state index in [9.17, 15) is 4.79 Å². The molecule has 160 valence electrons. The Balaban J connectivity index is 1.41. The molecule has 0 saturated carbocycles. The zero-order chi connectivity index (χ0) is 21.6. The maximum atomic E-state index is 12.9. The van der Waals surface area contributed by atoms with Crippen LogP contribution in [0.2, 0.25) is 5.02 Å². The van der Waals surface area contributed by atoms with E-state index in [1.807, 2.05) is 12.1 Å². The predicted octanol–water partition coefficient (Wildman–Crippen LogP) is 4.79. The van der Waals surface area contributed by atoms with Gasteiger partial charge in [-0.25, -0.2) is 9.97 Å². The minimum absolute atomic E-state index is 0.0459. The number of methoxy groups -OCH3 is 1. The summed E-state index contributed by atoms with van der Waals surface area (Å²) >= 11 is 6.17. The van der Waals surface area contributed by atoms with E-state index in [2.05, 4.69) is 20.2 Å². The van der Waals surface area contributed by atoms with Crippen LogP contribution in [-0.2, 0) is 4.79 Å². The van der Waals surface area contributed by atoms with Crippen molar-refractivity contribution in [1.29, 1.82) is 0 Å². The molecule has 1 fully saturated rings. The van der Waals surface area contributed by atoms with E-state index in [4.69, 9.17) is 21.1 Å². The molecule has 31 heavy (non-hydrogen) atoms. The number of hydrogen-bond donors (Lipinski definition) is 1. The summed E-state index contributed by atoms with van der Waals surface area (Å²) in [4.78, 5) is 23.6. The van der Waals surface area contributed by atoms with E-state index in [0.717, 1.165) is 31.7 Å². The minimum Gasteiger partial charge on any atom is -0.497 e. The van der Waals surface area contributed by atoms with Gasteiger partial charge < -0.3 is 19.7 Å². The van der Waals surface area contributed by atoms with Crippen molar-refractivity contribution in [3.63, 3.8) is 0 Å². The van der Waals surface area contributed by atoms with Crippen LogP contribution < -0.4 is 19.7 Å². The Morgan fingerprint density at radius 3 is 2.42 bits per heavy atom. The number of rotatable bonds is 6. The number of piperidine rings is 1. The number of ether oxygens (including phenoxy) is 2. The first-order valence-electron chi connectivity index (χ1n) is 10.1. The maximum Gasteiger partial charge on any atom is 0.227 e. The fraction of sp³-hybridized carbons (Fsp3) is 0.261. The molecular weight excluding hydrogens is 416 g/mol. The Morgan fingerprint density at radius 1 is 1.06 bits per heavy atom. The number of amides is 1. The molecule has 1 aliphatic rings. The van der Waals surface area contributed by atoms with Crippen LogP contribution in [0.3, 0.4) is 0 Å². The van der Waals surface area contributed by atoms with Crippen LogP contribution in [-0.4, -0.2) is 36.1 Å². The third-order valence-corrected chi connectivity index (χ3v) is 5.42. The van der Waals surface area contributed by atoms with Crippen molar-refractivity contribution in [3.05, 3.63) is 65.9 Å². The number of nitrogens with one attached hydrogen (secondary N) is 1. The fourth-order valence-corrected chi connectivity index (χ4v) is 3.66. The minimum atomic E-state index is -0.104. The molecule has 1 amide bonds. The highest BCUT2D eigenvalue weighted by Crippen LogP contribution is 2.33. The second-order valence-electron chi connectivity index (χ2n) is 7.22. The fourth-order valence-electron chi connectivity index (χ4n) is 3.49. The largest absolute Gasteiger partial charge is 0.497 e. The van der Waals surface area contributed by atoms with Crippen molar-refractivity contribution in [2.24, 2.45) is 5.92 Å². The Hall–Kier alpha value is -3.32. The van der Waals surface area contributed by atoms with Crippen LogP contribution in [0, 0.1) is 5.92 Å². The Morgan fingerprint density at radius 2 is 1.74 bits per heavy atom. The van der Waals surface area contributed by atoms with Crippen molar-refractivity contribution >= 4 is 29.1 Å². The smallest absolute Gasteiger partial charge is 0.227 e. The van der Waals surface area contributed by atoms with Crippen LogP contribution in [0.5, 0.6) is 17.2 Å². The average molecular weight is 439 g/mol. The third-order valence-electron chi connectivity index (χ3n) is 5.19. The third kappa shape index (κ3) is 5.24. The Labute approximate surface area is 186 Å². The lowest BCUT2D eigenvalue weighted by atomic mass is 9.96. The van der Waals surface area contributed by atoms with Crippen molar-refractivity contribution in [2.75, 3.05) is 30.4 Å². The lowest BCUT2D eigenvalue weighted by molar-refractivity contribution is -0.120. The van der Waals surface area contributed by atoms with Gasteiger partial charge in [-0.3, -0.25) is 4.79 Å². The molecule has 0 unspecified atom stereocenters. The molecule has 0 radical (unpaired) electrons. The van der Waals surface area contributed by atoms with Gasteiger partial charge in [-0.15, -0.1) is 0 Å². The van der Waals surface area contributed by atoms with Gasteiger partial charge >= 0.3 is 0 Å². The van der Waals surface area contributed by atoms with Crippen LogP contribution >= 0.6 is 11.6 Å². The molecule has 7 nitrogen and oxygen atoms in total. The predicted molar refractivity (Wildman–Crippen MR) is 120 cm³/mol. The summed E-state index contributed by atoms with van der Waals surface area (Å²) in [5, 5.41) is 3.52. The molecule has 1 saturated heterocycles. The van der Waals surface area contributed by atoms with Crippen molar-refractivity contribution in [2.45, 2.75) is 12.8 Å². The number of aromatic nitrogens is 2. The monoisotopic (exact) mass is 438 g/mol. The highest BCUT2D eigenvalue weighted by molar-refractivity contribution is 6.31. The number of carbonyl (C=O) groups is 1. The number of halogens is 1. The quantitative estimate of drug-likeness (QED) is 0.596. The highest BCUT2D eigenvalue weighted by Gasteiger charge is 2.26. The van der Waals surface area contributed by atoms with E-state index in [1.54, 1.807) is 55.9 Å². The number of benzene rings is 2. The van der Waals surface area contributed by atoms with Gasteiger partial charge in [-0.2, -0.15) is 0 Å². The lowest BCUT2D eigenvalue weighted by Crippen LogP contribution is -2.39. The van der Waals surface area contributed by atoms with Gasteiger partial charge in [-0.1, -0.05) is 11.6 Å². The van der Waals surface area contributed by atoms with Crippen molar-refractivity contribution < 1.29 is 14.3 Å². The lowest BCUT2D eigenvalue weighted by Gasteiger charge is -2.31. The molecule has 1 aromatic heterocycles. The van der Waals surface area contributed by atoms with Crippen LogP contribution in [0.25, 0.3) is 0 Å². The molecule has 0 bridgehead atoms. The highest BCUT2D eigenvalue weighted by atomic mass is 35.5. The number of hydrogen-bond acceptors (Lipinski definition) is 6. The topological polar surface area (TPSA) is 76.6 Å². The van der Waals surface area contributed by atoms with Crippen molar-refractivity contribution in [1.82, 2.24) is 9.97 Å². The summed E-state index contributed by atoms with van der Waals surface area (Å²) in [5.74, 6) is 2.45. The molecule has 8 heteroatoms. The van der Waals surface area contributed by atoms with Gasteiger partial charge in [0.25, 0.3) is 0 Å². The standard InChI is InChI=1S/C23H23ClN4O3/c1-30-18-4-6-19(7-5-18)31-21-8-3-17(24)15-20(21)27-22(29)16-9-13-28(14-10-16)23-25-11-2-12-26-23/h2-8,11-12,15-16H,9-10,13-14H2,1H3,(H,27,29). The maximum absolute atomic E-state index is 12.9. The molecule has 2 heterocycles. The van der Waals surface area contributed by atoms with E-state index < -0.39 is 0 Å². The van der Waals surface area contributed by atoms with E-state index >= 15 is 0 Å². The van der Waals surface area contributed by atoms with Crippen molar-refractivity contribution in [3.8, 4) is 17.2 Å². The molecule has 2 aromatic carbocycles. The van der Waals surface area contributed by atoms with Crippen LogP contribution in [0.4, 0.5) is 11.6 Å². The number of carbonyl (C=O) groups excluding carboxylic acids is 1. The van der Waals surface area contributed by atoms with Gasteiger partial charge in [0.1, 0.15) is 11.5 Å². The number of anilines is 2. The molecule has 4 rings (SSSR count). The summed E-state index contributed by atoms with van der Waals surface area (Å²) in [6.07, 6.45) is 4.90. The molecule has 3 aromatic rings.